The van der Waals surface area contributed by atoms with Gasteiger partial charge in [-0.2, -0.15) is 0 Å². The number of thiophene rings is 1. The summed E-state index contributed by atoms with van der Waals surface area (Å²) in [7, 11) is -3.58. The van der Waals surface area contributed by atoms with Crippen LogP contribution in [0.3, 0.4) is 0 Å². The summed E-state index contributed by atoms with van der Waals surface area (Å²) in [6, 6.07) is 11.1. The molecule has 2 aromatic heterocycles. The first kappa shape index (κ1) is 15.0. The Hall–Kier alpha value is -1.96. The van der Waals surface area contributed by atoms with Gasteiger partial charge in [-0.05, 0) is 42.1 Å². The van der Waals surface area contributed by atoms with Crippen LogP contribution in [-0.4, -0.2) is 15.0 Å². The molecule has 0 unspecified atom stereocenters. The largest absolute Gasteiger partial charge is 0.423 e. The second-order valence-corrected chi connectivity index (χ2v) is 7.48. The summed E-state index contributed by atoms with van der Waals surface area (Å²) >= 11 is 1.60. The molecule has 0 bridgehead atoms. The highest BCUT2D eigenvalue weighted by atomic mass is 32.2. The Morgan fingerprint density at radius 2 is 2.00 bits per heavy atom. The molecule has 0 saturated carbocycles. The van der Waals surface area contributed by atoms with Crippen molar-refractivity contribution in [1.82, 2.24) is 4.72 Å². The average Bonchev–Trinajstić information content (AvgIpc) is 2.99. The van der Waals surface area contributed by atoms with E-state index >= 15 is 0 Å². The van der Waals surface area contributed by atoms with Gasteiger partial charge < -0.3 is 4.42 Å². The molecular weight excluding hydrogens is 322 g/mol. The summed E-state index contributed by atoms with van der Waals surface area (Å²) in [5, 5.41) is 2.53. The zero-order valence-corrected chi connectivity index (χ0v) is 13.1. The molecule has 0 saturated heterocycles. The third-order valence-electron chi connectivity index (χ3n) is 3.14. The summed E-state index contributed by atoms with van der Waals surface area (Å²) < 4.78 is 32.1. The lowest BCUT2D eigenvalue weighted by Crippen LogP contribution is -2.25. The van der Waals surface area contributed by atoms with Crippen molar-refractivity contribution in [2.75, 3.05) is 6.54 Å². The van der Waals surface area contributed by atoms with Crippen LogP contribution in [0.5, 0.6) is 0 Å². The molecule has 2 heterocycles. The molecule has 0 aliphatic rings. The van der Waals surface area contributed by atoms with Gasteiger partial charge in [0, 0.05) is 22.9 Å². The highest BCUT2D eigenvalue weighted by Crippen LogP contribution is 2.17. The third-order valence-corrected chi connectivity index (χ3v) is 5.54. The number of hydrogen-bond donors (Lipinski definition) is 1. The molecular formula is C15H13NO4S2. The van der Waals surface area contributed by atoms with Crippen LogP contribution >= 0.6 is 11.3 Å². The zero-order valence-electron chi connectivity index (χ0n) is 11.5. The molecule has 0 amide bonds. The molecule has 0 atom stereocenters. The Labute approximate surface area is 131 Å². The maximum Gasteiger partial charge on any atom is 0.336 e. The fourth-order valence-electron chi connectivity index (χ4n) is 2.06. The van der Waals surface area contributed by atoms with Crippen LogP contribution < -0.4 is 10.3 Å². The lowest BCUT2D eigenvalue weighted by atomic mass is 10.2. The van der Waals surface area contributed by atoms with Crippen LogP contribution in [0.15, 0.2) is 62.0 Å². The first-order valence-electron chi connectivity index (χ1n) is 6.60. The fourth-order valence-corrected chi connectivity index (χ4v) is 3.84. The maximum absolute atomic E-state index is 12.3. The van der Waals surface area contributed by atoms with E-state index in [4.69, 9.17) is 4.42 Å². The van der Waals surface area contributed by atoms with Crippen molar-refractivity contribution >= 4 is 32.3 Å². The number of sulfonamides is 1. The van der Waals surface area contributed by atoms with Crippen LogP contribution in [0, 0.1) is 0 Å². The van der Waals surface area contributed by atoms with Gasteiger partial charge in [0.25, 0.3) is 0 Å². The minimum atomic E-state index is -3.58. The third kappa shape index (κ3) is 3.27. The standard InChI is InChI=1S/C15H13NO4S2/c17-15-6-3-11-10-13(4-5-14(11)20-15)22(18,19)16-8-7-12-2-1-9-21-12/h1-6,9-10,16H,7-8H2. The van der Waals surface area contributed by atoms with Crippen molar-refractivity contribution in [3.8, 4) is 0 Å². The quantitative estimate of drug-likeness (QED) is 0.726. The lowest BCUT2D eigenvalue weighted by molar-refractivity contribution is 0.560. The minimum Gasteiger partial charge on any atom is -0.423 e. The van der Waals surface area contributed by atoms with Crippen molar-refractivity contribution in [1.29, 1.82) is 0 Å². The Morgan fingerprint density at radius 3 is 2.77 bits per heavy atom. The van der Waals surface area contributed by atoms with Crippen molar-refractivity contribution in [2.24, 2.45) is 0 Å². The Kier molecular flexibility index (Phi) is 4.10. The molecule has 3 aromatic rings. The molecule has 5 nitrogen and oxygen atoms in total. The molecule has 3 rings (SSSR count). The van der Waals surface area contributed by atoms with Crippen molar-refractivity contribution < 1.29 is 12.8 Å². The average molecular weight is 335 g/mol. The van der Waals surface area contributed by atoms with Crippen LogP contribution in [0.25, 0.3) is 11.0 Å². The molecule has 0 fully saturated rings. The number of benzene rings is 1. The van der Waals surface area contributed by atoms with Crippen LogP contribution in [0.1, 0.15) is 4.88 Å². The normalized spacial score (nSPS) is 11.8. The van der Waals surface area contributed by atoms with E-state index in [0.717, 1.165) is 4.88 Å². The van der Waals surface area contributed by atoms with Crippen LogP contribution in [0.2, 0.25) is 0 Å². The van der Waals surface area contributed by atoms with E-state index in [-0.39, 0.29) is 4.90 Å². The Morgan fingerprint density at radius 1 is 1.14 bits per heavy atom. The lowest BCUT2D eigenvalue weighted by Gasteiger charge is -2.07. The van der Waals surface area contributed by atoms with Crippen molar-refractivity contribution in [3.05, 3.63) is 63.1 Å². The Bertz CT molecular complexity index is 943. The van der Waals surface area contributed by atoms with Crippen LogP contribution in [-0.2, 0) is 16.4 Å². The van der Waals surface area contributed by atoms with Gasteiger partial charge in [0.15, 0.2) is 0 Å². The Balaban J connectivity index is 1.79. The van der Waals surface area contributed by atoms with Crippen LogP contribution in [0.4, 0.5) is 0 Å². The van der Waals surface area contributed by atoms with Gasteiger partial charge in [0.2, 0.25) is 10.0 Å². The summed E-state index contributed by atoms with van der Waals surface area (Å²) in [5.74, 6) is 0. The predicted octanol–water partition coefficient (Wildman–Crippen LogP) is 2.38. The fraction of sp³-hybridized carbons (Fsp3) is 0.133. The first-order valence-corrected chi connectivity index (χ1v) is 8.97. The molecule has 0 spiro atoms. The molecule has 0 aliphatic heterocycles. The second-order valence-electron chi connectivity index (χ2n) is 4.68. The number of fused-ring (bicyclic) bond motifs is 1. The van der Waals surface area contributed by atoms with E-state index in [2.05, 4.69) is 4.72 Å². The zero-order chi connectivity index (χ0) is 15.6. The van der Waals surface area contributed by atoms with Crippen molar-refractivity contribution in [3.63, 3.8) is 0 Å². The van der Waals surface area contributed by atoms with E-state index < -0.39 is 15.6 Å². The summed E-state index contributed by atoms with van der Waals surface area (Å²) in [6.07, 6.45) is 0.652. The van der Waals surface area contributed by atoms with E-state index in [1.165, 1.54) is 24.3 Å². The molecule has 1 aromatic carbocycles. The number of nitrogens with one attached hydrogen (secondary N) is 1. The van der Waals surface area contributed by atoms with E-state index in [9.17, 15) is 13.2 Å². The van der Waals surface area contributed by atoms with Gasteiger partial charge in [-0.25, -0.2) is 17.9 Å². The maximum atomic E-state index is 12.3. The van der Waals surface area contributed by atoms with E-state index in [0.29, 0.717) is 23.9 Å². The minimum absolute atomic E-state index is 0.153. The molecule has 1 N–H and O–H groups in total. The molecule has 114 valence electrons. The van der Waals surface area contributed by atoms with E-state index in [1.807, 2.05) is 17.5 Å². The monoisotopic (exact) mass is 335 g/mol. The molecule has 7 heteroatoms. The molecule has 22 heavy (non-hydrogen) atoms. The second kappa shape index (κ2) is 6.04. The van der Waals surface area contributed by atoms with Gasteiger partial charge >= 0.3 is 5.63 Å². The van der Waals surface area contributed by atoms with Crippen molar-refractivity contribution in [2.45, 2.75) is 11.3 Å². The van der Waals surface area contributed by atoms with Gasteiger partial charge in [-0.3, -0.25) is 0 Å². The van der Waals surface area contributed by atoms with Gasteiger partial charge in [-0.1, -0.05) is 6.07 Å². The van der Waals surface area contributed by atoms with E-state index in [1.54, 1.807) is 17.4 Å². The topological polar surface area (TPSA) is 76.4 Å². The predicted molar refractivity (Wildman–Crippen MR) is 85.7 cm³/mol. The summed E-state index contributed by atoms with van der Waals surface area (Å²) in [5.41, 5.74) is -0.0952. The highest BCUT2D eigenvalue weighted by molar-refractivity contribution is 7.89. The number of rotatable bonds is 5. The smallest absolute Gasteiger partial charge is 0.336 e. The summed E-state index contributed by atoms with van der Waals surface area (Å²) in [4.78, 5) is 12.4. The summed E-state index contributed by atoms with van der Waals surface area (Å²) in [6.45, 7) is 0.338. The SMILES string of the molecule is O=c1ccc2cc(S(=O)(=O)NCCc3cccs3)ccc2o1. The molecule has 0 aliphatic carbocycles. The number of hydrogen-bond acceptors (Lipinski definition) is 5. The van der Waals surface area contributed by atoms with Gasteiger partial charge in [-0.15, -0.1) is 11.3 Å². The first-order chi connectivity index (χ1) is 10.5. The molecule has 0 radical (unpaired) electrons. The van der Waals surface area contributed by atoms with Gasteiger partial charge in [0.1, 0.15) is 5.58 Å². The highest BCUT2D eigenvalue weighted by Gasteiger charge is 2.14. The van der Waals surface area contributed by atoms with Gasteiger partial charge in [0.05, 0.1) is 4.90 Å².